The molecule has 0 saturated carbocycles. The molecular weight excluding hydrogens is 372 g/mol. The lowest BCUT2D eigenvalue weighted by Gasteiger charge is -2.03. The second-order valence-electron chi connectivity index (χ2n) is 6.06. The number of rotatable bonds is 6. The summed E-state index contributed by atoms with van der Waals surface area (Å²) in [6, 6.07) is 13.5. The molecule has 0 aliphatic carbocycles. The molecule has 7 heteroatoms. The molecule has 0 aliphatic rings. The summed E-state index contributed by atoms with van der Waals surface area (Å²) >= 11 is 5.98. The van der Waals surface area contributed by atoms with Gasteiger partial charge in [-0.2, -0.15) is 0 Å². The zero-order valence-electron chi connectivity index (χ0n) is 14.1. The van der Waals surface area contributed by atoms with E-state index in [1.54, 1.807) is 6.33 Å². The molecule has 0 amide bonds. The largest absolute Gasteiger partial charge is 0.333 e. The highest BCUT2D eigenvalue weighted by molar-refractivity contribution is 7.90. The third kappa shape index (κ3) is 4.59. The van der Waals surface area contributed by atoms with Crippen LogP contribution in [0, 0.1) is 0 Å². The highest BCUT2D eigenvalue weighted by Crippen LogP contribution is 2.14. The zero-order chi connectivity index (χ0) is 18.7. The van der Waals surface area contributed by atoms with E-state index in [1.165, 1.54) is 24.3 Å². The van der Waals surface area contributed by atoms with Crippen molar-refractivity contribution in [2.75, 3.05) is 6.26 Å². The lowest BCUT2D eigenvalue weighted by Crippen LogP contribution is -2.05. The van der Waals surface area contributed by atoms with Crippen LogP contribution in [0.4, 0.5) is 0 Å². The Kier molecular flexibility index (Phi) is 5.25. The molecule has 26 heavy (non-hydrogen) atoms. The quantitative estimate of drug-likeness (QED) is 0.607. The summed E-state index contributed by atoms with van der Waals surface area (Å²) in [5.41, 5.74) is 2.16. The van der Waals surface area contributed by atoms with Gasteiger partial charge in [0.1, 0.15) is 0 Å². The lowest BCUT2D eigenvalue weighted by molar-refractivity contribution is 0.0992. The summed E-state index contributed by atoms with van der Waals surface area (Å²) in [7, 11) is -3.27. The molecule has 5 nitrogen and oxygen atoms in total. The van der Waals surface area contributed by atoms with Crippen molar-refractivity contribution in [2.45, 2.75) is 17.9 Å². The first-order valence-corrected chi connectivity index (χ1v) is 10.2. The molecule has 0 radical (unpaired) electrons. The molecule has 1 aromatic heterocycles. The molecule has 0 saturated heterocycles. The third-order valence-corrected chi connectivity index (χ3v) is 5.25. The summed E-state index contributed by atoms with van der Waals surface area (Å²) in [4.78, 5) is 16.8. The van der Waals surface area contributed by atoms with Crippen molar-refractivity contribution in [3.05, 3.63) is 82.9 Å². The maximum Gasteiger partial charge on any atom is 0.175 e. The molecule has 0 atom stereocenters. The van der Waals surface area contributed by atoms with Gasteiger partial charge < -0.3 is 4.57 Å². The minimum Gasteiger partial charge on any atom is -0.333 e. The predicted octanol–water partition coefficient (Wildman–Crippen LogP) is 3.41. The number of aromatic nitrogens is 2. The monoisotopic (exact) mass is 388 g/mol. The molecule has 134 valence electrons. The summed E-state index contributed by atoms with van der Waals surface area (Å²) in [5, 5.41) is 0.676. The molecule has 0 spiro atoms. The van der Waals surface area contributed by atoms with Crippen LogP contribution in [-0.2, 0) is 22.8 Å². The van der Waals surface area contributed by atoms with Crippen LogP contribution in [0.5, 0.6) is 0 Å². The Morgan fingerprint density at radius 2 is 1.88 bits per heavy atom. The maximum absolute atomic E-state index is 12.4. The average Bonchev–Trinajstić information content (AvgIpc) is 3.01. The first-order chi connectivity index (χ1) is 12.3. The van der Waals surface area contributed by atoms with E-state index in [0.717, 1.165) is 11.8 Å². The van der Waals surface area contributed by atoms with Gasteiger partial charge in [-0.05, 0) is 29.8 Å². The zero-order valence-corrected chi connectivity index (χ0v) is 15.7. The minimum absolute atomic E-state index is 0.113. The number of sulfone groups is 1. The second-order valence-corrected chi connectivity index (χ2v) is 8.52. The van der Waals surface area contributed by atoms with Crippen molar-refractivity contribution in [2.24, 2.45) is 0 Å². The normalized spacial score (nSPS) is 11.5. The van der Waals surface area contributed by atoms with Gasteiger partial charge in [-0.15, -0.1) is 0 Å². The Hall–Kier alpha value is -2.44. The molecule has 0 N–H and O–H groups in total. The van der Waals surface area contributed by atoms with Crippen LogP contribution in [0.3, 0.4) is 0 Å². The van der Waals surface area contributed by atoms with Crippen LogP contribution in [0.25, 0.3) is 0 Å². The van der Waals surface area contributed by atoms with Gasteiger partial charge in [0.25, 0.3) is 0 Å². The van der Waals surface area contributed by atoms with Gasteiger partial charge in [0.05, 0.1) is 23.3 Å². The molecule has 2 aromatic carbocycles. The number of hydrogen-bond acceptors (Lipinski definition) is 4. The number of benzene rings is 2. The molecule has 0 aliphatic heterocycles. The van der Waals surface area contributed by atoms with Gasteiger partial charge in [-0.1, -0.05) is 35.9 Å². The Morgan fingerprint density at radius 1 is 1.15 bits per heavy atom. The Morgan fingerprint density at radius 3 is 2.54 bits per heavy atom. The highest BCUT2D eigenvalue weighted by Gasteiger charge is 2.12. The maximum atomic E-state index is 12.4. The number of carbonyl (C=O) groups excluding carboxylic acids is 1. The van der Waals surface area contributed by atoms with E-state index in [2.05, 4.69) is 4.98 Å². The minimum atomic E-state index is -3.27. The van der Waals surface area contributed by atoms with Gasteiger partial charge in [0.15, 0.2) is 15.6 Å². The van der Waals surface area contributed by atoms with Crippen LogP contribution in [-0.4, -0.2) is 30.0 Å². The molecule has 0 fully saturated rings. The fourth-order valence-electron chi connectivity index (χ4n) is 2.58. The van der Waals surface area contributed by atoms with Crippen molar-refractivity contribution in [1.82, 2.24) is 9.55 Å². The highest BCUT2D eigenvalue weighted by atomic mass is 35.5. The predicted molar refractivity (Wildman–Crippen MR) is 100 cm³/mol. The second kappa shape index (κ2) is 7.43. The molecular formula is C19H17ClN2O3S. The van der Waals surface area contributed by atoms with Crippen molar-refractivity contribution in [3.63, 3.8) is 0 Å². The molecule has 3 aromatic rings. The molecule has 1 heterocycles. The van der Waals surface area contributed by atoms with Gasteiger partial charge >= 0.3 is 0 Å². The Bertz CT molecular complexity index is 1040. The van der Waals surface area contributed by atoms with Crippen LogP contribution in [0.15, 0.2) is 66.0 Å². The SMILES string of the molecule is CS(=O)(=O)c1ccc(C(=O)Cc2cn(Cc3cccc(Cl)c3)cn2)cc1. The van der Waals surface area contributed by atoms with E-state index in [0.29, 0.717) is 22.8 Å². The van der Waals surface area contributed by atoms with E-state index < -0.39 is 9.84 Å². The topological polar surface area (TPSA) is 69.0 Å². The van der Waals surface area contributed by atoms with E-state index in [9.17, 15) is 13.2 Å². The van der Waals surface area contributed by atoms with E-state index in [-0.39, 0.29) is 17.1 Å². The number of ketones is 1. The van der Waals surface area contributed by atoms with Gasteiger partial charge in [-0.3, -0.25) is 4.79 Å². The summed E-state index contributed by atoms with van der Waals surface area (Å²) < 4.78 is 24.8. The summed E-state index contributed by atoms with van der Waals surface area (Å²) in [6.07, 6.45) is 4.79. The van der Waals surface area contributed by atoms with Crippen molar-refractivity contribution in [3.8, 4) is 0 Å². The number of imidazole rings is 1. The fraction of sp³-hybridized carbons (Fsp3) is 0.158. The number of hydrogen-bond donors (Lipinski definition) is 0. The van der Waals surface area contributed by atoms with Gasteiger partial charge in [-0.25, -0.2) is 13.4 Å². The molecule has 0 unspecified atom stereocenters. The number of halogens is 1. The number of nitrogens with zero attached hydrogens (tertiary/aromatic N) is 2. The summed E-state index contributed by atoms with van der Waals surface area (Å²) in [6.45, 7) is 0.616. The molecule has 3 rings (SSSR count). The van der Waals surface area contributed by atoms with Crippen molar-refractivity contribution in [1.29, 1.82) is 0 Å². The van der Waals surface area contributed by atoms with Crippen LogP contribution in [0.2, 0.25) is 5.02 Å². The Balaban J connectivity index is 1.67. The van der Waals surface area contributed by atoms with Crippen LogP contribution < -0.4 is 0 Å². The Labute approximate surface area is 157 Å². The van der Waals surface area contributed by atoms with Crippen LogP contribution in [0.1, 0.15) is 21.6 Å². The van der Waals surface area contributed by atoms with E-state index >= 15 is 0 Å². The molecule has 0 bridgehead atoms. The van der Waals surface area contributed by atoms with Crippen molar-refractivity contribution < 1.29 is 13.2 Å². The fourth-order valence-corrected chi connectivity index (χ4v) is 3.43. The van der Waals surface area contributed by atoms with Crippen LogP contribution >= 0.6 is 11.6 Å². The van der Waals surface area contributed by atoms with Crippen molar-refractivity contribution >= 4 is 27.2 Å². The average molecular weight is 389 g/mol. The van der Waals surface area contributed by atoms with E-state index in [4.69, 9.17) is 11.6 Å². The first-order valence-electron chi connectivity index (χ1n) is 7.90. The number of carbonyl (C=O) groups is 1. The standard InChI is InChI=1S/C19H17ClN2O3S/c1-26(24,25)18-7-5-15(6-8-18)19(23)10-17-12-22(13-21-17)11-14-3-2-4-16(20)9-14/h2-9,12-13H,10-11H2,1H3. The van der Waals surface area contributed by atoms with E-state index in [1.807, 2.05) is 35.0 Å². The number of Topliss-reactive ketones (excluding diaryl/α,β-unsaturated/α-hetero) is 1. The first kappa shape index (κ1) is 18.4. The summed E-state index contributed by atoms with van der Waals surface area (Å²) in [5.74, 6) is -0.113. The lowest BCUT2D eigenvalue weighted by atomic mass is 10.1. The van der Waals surface area contributed by atoms with Gasteiger partial charge in [0, 0.05) is 29.6 Å². The van der Waals surface area contributed by atoms with Gasteiger partial charge in [0.2, 0.25) is 0 Å². The third-order valence-electron chi connectivity index (χ3n) is 3.89. The smallest absolute Gasteiger partial charge is 0.175 e.